The number of hydrogen-bond donors (Lipinski definition) is 2. The standard InChI is InChI=1S/C14H17Cl2FN2O/c15-11-7-9(17)8-12(16)14(11)19-13(20)5-4-10-3-1-2-6-18-10/h7-8,10,18H,1-6H2,(H,19,20). The first kappa shape index (κ1) is 15.5. The maximum Gasteiger partial charge on any atom is 0.224 e. The lowest BCUT2D eigenvalue weighted by Crippen LogP contribution is -2.34. The van der Waals surface area contributed by atoms with E-state index in [1.807, 2.05) is 0 Å². The van der Waals surface area contributed by atoms with E-state index in [2.05, 4.69) is 10.6 Å². The van der Waals surface area contributed by atoms with E-state index in [0.29, 0.717) is 12.5 Å². The minimum absolute atomic E-state index is 0.110. The van der Waals surface area contributed by atoms with Crippen LogP contribution in [0.5, 0.6) is 0 Å². The van der Waals surface area contributed by atoms with Crippen LogP contribution in [-0.2, 0) is 4.79 Å². The third-order valence-corrected chi connectivity index (χ3v) is 4.00. The SMILES string of the molecule is O=C(CCC1CCCCN1)Nc1c(Cl)cc(F)cc1Cl. The highest BCUT2D eigenvalue weighted by atomic mass is 35.5. The van der Waals surface area contributed by atoms with Crippen LogP contribution >= 0.6 is 23.2 Å². The van der Waals surface area contributed by atoms with Gasteiger partial charge in [-0.25, -0.2) is 4.39 Å². The highest BCUT2D eigenvalue weighted by Gasteiger charge is 2.16. The van der Waals surface area contributed by atoms with E-state index in [-0.39, 0.29) is 21.6 Å². The van der Waals surface area contributed by atoms with Crippen LogP contribution in [-0.4, -0.2) is 18.5 Å². The molecule has 1 amide bonds. The Morgan fingerprint density at radius 2 is 2.05 bits per heavy atom. The number of halogens is 3. The topological polar surface area (TPSA) is 41.1 Å². The fourth-order valence-corrected chi connectivity index (χ4v) is 2.89. The van der Waals surface area contributed by atoms with Gasteiger partial charge in [0.05, 0.1) is 15.7 Å². The van der Waals surface area contributed by atoms with Gasteiger partial charge in [0.2, 0.25) is 5.91 Å². The summed E-state index contributed by atoms with van der Waals surface area (Å²) in [4.78, 5) is 11.9. The molecule has 110 valence electrons. The van der Waals surface area contributed by atoms with E-state index >= 15 is 0 Å². The Hall–Kier alpha value is -0.840. The summed E-state index contributed by atoms with van der Waals surface area (Å²) >= 11 is 11.8. The molecule has 1 saturated heterocycles. The lowest BCUT2D eigenvalue weighted by atomic mass is 10.0. The van der Waals surface area contributed by atoms with Gasteiger partial charge in [0.15, 0.2) is 0 Å². The maximum atomic E-state index is 13.0. The van der Waals surface area contributed by atoms with Crippen LogP contribution in [0.25, 0.3) is 0 Å². The van der Waals surface area contributed by atoms with Crippen molar-refractivity contribution in [2.24, 2.45) is 0 Å². The Bertz CT molecular complexity index is 467. The highest BCUT2D eigenvalue weighted by Crippen LogP contribution is 2.31. The van der Waals surface area contributed by atoms with Crippen LogP contribution in [0.4, 0.5) is 10.1 Å². The van der Waals surface area contributed by atoms with Crippen LogP contribution in [0, 0.1) is 5.82 Å². The van der Waals surface area contributed by atoms with Gasteiger partial charge in [-0.15, -0.1) is 0 Å². The number of rotatable bonds is 4. The van der Waals surface area contributed by atoms with E-state index in [1.165, 1.54) is 12.8 Å². The average Bonchev–Trinajstić information content (AvgIpc) is 2.42. The zero-order valence-corrected chi connectivity index (χ0v) is 12.5. The van der Waals surface area contributed by atoms with Crippen molar-refractivity contribution in [3.05, 3.63) is 28.0 Å². The summed E-state index contributed by atoms with van der Waals surface area (Å²) in [6.07, 6.45) is 4.67. The van der Waals surface area contributed by atoms with Crippen molar-refractivity contribution in [2.75, 3.05) is 11.9 Å². The van der Waals surface area contributed by atoms with E-state index in [4.69, 9.17) is 23.2 Å². The van der Waals surface area contributed by atoms with Crippen molar-refractivity contribution in [3.8, 4) is 0 Å². The van der Waals surface area contributed by atoms with Gasteiger partial charge in [0, 0.05) is 12.5 Å². The molecule has 0 bridgehead atoms. The van der Waals surface area contributed by atoms with Crippen molar-refractivity contribution in [3.63, 3.8) is 0 Å². The first-order valence-corrected chi connectivity index (χ1v) is 7.49. The zero-order valence-electron chi connectivity index (χ0n) is 11.0. The van der Waals surface area contributed by atoms with Gasteiger partial charge in [0.1, 0.15) is 5.82 Å². The molecule has 1 fully saturated rings. The molecule has 0 aliphatic carbocycles. The van der Waals surface area contributed by atoms with Gasteiger partial charge in [-0.3, -0.25) is 4.79 Å². The van der Waals surface area contributed by atoms with Crippen molar-refractivity contribution in [1.82, 2.24) is 5.32 Å². The number of anilines is 1. The molecule has 2 rings (SSSR count). The number of amides is 1. The van der Waals surface area contributed by atoms with E-state index in [9.17, 15) is 9.18 Å². The first-order valence-electron chi connectivity index (χ1n) is 6.74. The van der Waals surface area contributed by atoms with Crippen molar-refractivity contribution in [2.45, 2.75) is 38.1 Å². The third kappa shape index (κ3) is 4.33. The Morgan fingerprint density at radius 1 is 1.35 bits per heavy atom. The summed E-state index contributed by atoms with van der Waals surface area (Å²) in [6, 6.07) is 2.66. The van der Waals surface area contributed by atoms with Crippen LogP contribution in [0.1, 0.15) is 32.1 Å². The smallest absolute Gasteiger partial charge is 0.224 e. The average molecular weight is 319 g/mol. The summed E-state index contributed by atoms with van der Waals surface area (Å²) in [6.45, 7) is 1.02. The van der Waals surface area contributed by atoms with Crippen LogP contribution in [0.15, 0.2) is 12.1 Å². The monoisotopic (exact) mass is 318 g/mol. The molecule has 20 heavy (non-hydrogen) atoms. The molecule has 0 saturated carbocycles. The summed E-state index contributed by atoms with van der Waals surface area (Å²) in [5.74, 6) is -0.683. The zero-order chi connectivity index (χ0) is 14.5. The van der Waals surface area contributed by atoms with E-state index < -0.39 is 5.82 Å². The third-order valence-electron chi connectivity index (χ3n) is 3.40. The largest absolute Gasteiger partial charge is 0.324 e. The molecular weight excluding hydrogens is 302 g/mol. The maximum absolute atomic E-state index is 13.0. The number of piperidine rings is 1. The molecule has 1 aliphatic heterocycles. The molecule has 0 radical (unpaired) electrons. The number of nitrogens with one attached hydrogen (secondary N) is 2. The summed E-state index contributed by atoms with van der Waals surface area (Å²) in [5, 5.41) is 6.26. The van der Waals surface area contributed by atoms with Gasteiger partial charge in [-0.05, 0) is 37.9 Å². The molecule has 1 unspecified atom stereocenters. The lowest BCUT2D eigenvalue weighted by Gasteiger charge is -2.23. The van der Waals surface area contributed by atoms with Gasteiger partial charge >= 0.3 is 0 Å². The minimum Gasteiger partial charge on any atom is -0.324 e. The van der Waals surface area contributed by atoms with E-state index in [0.717, 1.165) is 31.5 Å². The predicted molar refractivity (Wildman–Crippen MR) is 79.9 cm³/mol. The Kier molecular flexibility index (Phi) is 5.64. The quantitative estimate of drug-likeness (QED) is 0.881. The van der Waals surface area contributed by atoms with Crippen molar-refractivity contribution >= 4 is 34.8 Å². The Morgan fingerprint density at radius 3 is 2.65 bits per heavy atom. The fourth-order valence-electron chi connectivity index (χ4n) is 2.34. The van der Waals surface area contributed by atoms with Gasteiger partial charge in [0.25, 0.3) is 0 Å². The second-order valence-corrected chi connectivity index (χ2v) is 5.79. The fraction of sp³-hybridized carbons (Fsp3) is 0.500. The molecule has 1 aliphatic rings. The van der Waals surface area contributed by atoms with Gasteiger partial charge < -0.3 is 10.6 Å². The molecule has 1 aromatic carbocycles. The first-order chi connectivity index (χ1) is 9.56. The normalized spacial score (nSPS) is 18.9. The van der Waals surface area contributed by atoms with E-state index in [1.54, 1.807) is 0 Å². The molecule has 6 heteroatoms. The molecule has 0 aromatic heterocycles. The Labute approximate surface area is 127 Å². The molecule has 1 heterocycles. The number of carbonyl (C=O) groups excluding carboxylic acids is 1. The molecule has 1 atom stereocenters. The Balaban J connectivity index is 1.88. The number of hydrogen-bond acceptors (Lipinski definition) is 2. The summed E-state index contributed by atoms with van der Waals surface area (Å²) in [7, 11) is 0. The summed E-state index contributed by atoms with van der Waals surface area (Å²) in [5.41, 5.74) is 0.274. The van der Waals surface area contributed by atoms with Crippen molar-refractivity contribution < 1.29 is 9.18 Å². The second kappa shape index (κ2) is 7.25. The predicted octanol–water partition coefficient (Wildman–Crippen LogP) is 3.99. The molecule has 0 spiro atoms. The molecule has 1 aromatic rings. The van der Waals surface area contributed by atoms with Gasteiger partial charge in [-0.2, -0.15) is 0 Å². The second-order valence-electron chi connectivity index (χ2n) is 4.98. The van der Waals surface area contributed by atoms with Crippen LogP contribution < -0.4 is 10.6 Å². The van der Waals surface area contributed by atoms with Gasteiger partial charge in [-0.1, -0.05) is 29.6 Å². The summed E-state index contributed by atoms with van der Waals surface area (Å²) < 4.78 is 13.0. The highest BCUT2D eigenvalue weighted by molar-refractivity contribution is 6.39. The van der Waals surface area contributed by atoms with Crippen LogP contribution in [0.2, 0.25) is 10.0 Å². The molecular formula is C14H17Cl2FN2O. The van der Waals surface area contributed by atoms with Crippen LogP contribution in [0.3, 0.4) is 0 Å². The number of carbonyl (C=O) groups is 1. The molecule has 3 nitrogen and oxygen atoms in total. The lowest BCUT2D eigenvalue weighted by molar-refractivity contribution is -0.116. The minimum atomic E-state index is -0.524. The van der Waals surface area contributed by atoms with Crippen molar-refractivity contribution in [1.29, 1.82) is 0 Å². The number of benzene rings is 1. The molecule has 2 N–H and O–H groups in total.